The predicted octanol–water partition coefficient (Wildman–Crippen LogP) is 0.720. The van der Waals surface area contributed by atoms with Crippen molar-refractivity contribution >= 4 is 17.5 Å². The van der Waals surface area contributed by atoms with Gasteiger partial charge in [0.1, 0.15) is 6.04 Å². The molecule has 0 fully saturated rings. The molecule has 0 radical (unpaired) electrons. The number of nitro groups is 1. The first-order chi connectivity index (χ1) is 13.1. The Morgan fingerprint density at radius 1 is 1.14 bits per heavy atom. The van der Waals surface area contributed by atoms with Gasteiger partial charge in [-0.2, -0.15) is 0 Å². The second-order valence-corrected chi connectivity index (χ2v) is 7.14. The van der Waals surface area contributed by atoms with E-state index < -0.39 is 17.0 Å². The summed E-state index contributed by atoms with van der Waals surface area (Å²) in [7, 11) is 0. The largest absolute Gasteiger partial charge is 0.355 e. The number of rotatable bonds is 11. The molecule has 156 valence electrons. The van der Waals surface area contributed by atoms with Crippen LogP contribution in [0.15, 0.2) is 24.3 Å². The number of amides is 2. The van der Waals surface area contributed by atoms with Crippen LogP contribution in [0.3, 0.4) is 0 Å². The summed E-state index contributed by atoms with van der Waals surface area (Å²) in [5, 5.41) is 19.2. The molecule has 0 saturated carbocycles. The van der Waals surface area contributed by atoms with Crippen molar-refractivity contribution in [2.24, 2.45) is 11.7 Å². The Balaban J connectivity index is 2.50. The van der Waals surface area contributed by atoms with Crippen LogP contribution in [0.25, 0.3) is 0 Å². The lowest BCUT2D eigenvalue weighted by molar-refractivity contribution is -0.384. The number of carbonyl (C=O) groups is 2. The van der Waals surface area contributed by atoms with E-state index >= 15 is 0 Å². The maximum atomic E-state index is 12.4. The summed E-state index contributed by atoms with van der Waals surface area (Å²) in [6, 6.07) is 4.87. The molecular weight excluding hydrogens is 362 g/mol. The molecule has 0 saturated heterocycles. The third kappa shape index (κ3) is 7.61. The monoisotopic (exact) mass is 393 g/mol. The van der Waals surface area contributed by atoms with E-state index in [1.807, 2.05) is 20.8 Å². The first-order valence-electron chi connectivity index (χ1n) is 9.46. The molecule has 28 heavy (non-hydrogen) atoms. The van der Waals surface area contributed by atoms with E-state index in [4.69, 9.17) is 5.73 Å². The normalized spacial score (nSPS) is 14.2. The molecule has 0 unspecified atom stereocenters. The Morgan fingerprint density at radius 2 is 1.75 bits per heavy atom. The lowest BCUT2D eigenvalue weighted by atomic mass is 10.0. The fraction of sp³-hybridized carbons (Fsp3) is 0.579. The Labute approximate surface area is 165 Å². The Bertz CT molecular complexity index is 663. The molecule has 2 amide bonds. The molecule has 0 heterocycles. The SMILES string of the molecule is CCNC(=O)[C@@H](NC(=O)[C@H](C)NC[C@@H](N)Cc1ccc([N+](=O)[O-])cc1)C(C)C. The quantitative estimate of drug-likeness (QED) is 0.323. The van der Waals surface area contributed by atoms with Crippen molar-refractivity contribution in [3.63, 3.8) is 0 Å². The summed E-state index contributed by atoms with van der Waals surface area (Å²) in [6.07, 6.45) is 0.521. The van der Waals surface area contributed by atoms with Gasteiger partial charge in [0.2, 0.25) is 11.8 Å². The summed E-state index contributed by atoms with van der Waals surface area (Å²) < 4.78 is 0. The Hall–Kier alpha value is -2.52. The molecule has 1 rings (SSSR count). The fourth-order valence-electron chi connectivity index (χ4n) is 2.65. The zero-order valence-electron chi connectivity index (χ0n) is 16.9. The van der Waals surface area contributed by atoms with Crippen molar-refractivity contribution in [3.8, 4) is 0 Å². The highest BCUT2D eigenvalue weighted by atomic mass is 16.6. The van der Waals surface area contributed by atoms with Crippen molar-refractivity contribution in [2.75, 3.05) is 13.1 Å². The van der Waals surface area contributed by atoms with Crippen molar-refractivity contribution in [1.82, 2.24) is 16.0 Å². The highest BCUT2D eigenvalue weighted by molar-refractivity contribution is 5.89. The van der Waals surface area contributed by atoms with E-state index in [0.29, 0.717) is 19.5 Å². The van der Waals surface area contributed by atoms with Crippen LogP contribution in [0.2, 0.25) is 0 Å². The number of hydrogen-bond acceptors (Lipinski definition) is 6. The summed E-state index contributed by atoms with van der Waals surface area (Å²) in [4.78, 5) is 34.7. The van der Waals surface area contributed by atoms with E-state index in [0.717, 1.165) is 5.56 Å². The van der Waals surface area contributed by atoms with Gasteiger partial charge in [0.15, 0.2) is 0 Å². The highest BCUT2D eigenvalue weighted by Crippen LogP contribution is 2.12. The summed E-state index contributed by atoms with van der Waals surface area (Å²) in [5.74, 6) is -0.507. The summed E-state index contributed by atoms with van der Waals surface area (Å²) in [6.45, 7) is 8.18. The van der Waals surface area contributed by atoms with Gasteiger partial charge in [0.05, 0.1) is 11.0 Å². The summed E-state index contributed by atoms with van der Waals surface area (Å²) >= 11 is 0. The molecular formula is C19H31N5O4. The fourth-order valence-corrected chi connectivity index (χ4v) is 2.65. The molecule has 0 aliphatic rings. The topological polar surface area (TPSA) is 139 Å². The number of nitrogens with zero attached hydrogens (tertiary/aromatic N) is 1. The van der Waals surface area contributed by atoms with Gasteiger partial charge in [0, 0.05) is 31.3 Å². The molecule has 1 aromatic carbocycles. The van der Waals surface area contributed by atoms with E-state index in [-0.39, 0.29) is 29.5 Å². The molecule has 0 aliphatic heterocycles. The van der Waals surface area contributed by atoms with Gasteiger partial charge in [-0.25, -0.2) is 0 Å². The number of non-ortho nitro benzene ring substituents is 1. The minimum Gasteiger partial charge on any atom is -0.355 e. The highest BCUT2D eigenvalue weighted by Gasteiger charge is 2.25. The number of nitrogens with one attached hydrogen (secondary N) is 3. The van der Waals surface area contributed by atoms with Crippen LogP contribution >= 0.6 is 0 Å². The number of likely N-dealkylation sites (N-methyl/N-ethyl adjacent to an activating group) is 1. The second kappa shape index (κ2) is 11.4. The van der Waals surface area contributed by atoms with Crippen LogP contribution in [0, 0.1) is 16.0 Å². The third-order valence-electron chi connectivity index (χ3n) is 4.32. The van der Waals surface area contributed by atoms with Gasteiger partial charge in [0.25, 0.3) is 5.69 Å². The lowest BCUT2D eigenvalue weighted by Gasteiger charge is -2.24. The van der Waals surface area contributed by atoms with Gasteiger partial charge in [-0.15, -0.1) is 0 Å². The molecule has 0 spiro atoms. The maximum absolute atomic E-state index is 12.4. The average Bonchev–Trinajstić information content (AvgIpc) is 2.64. The number of benzene rings is 1. The lowest BCUT2D eigenvalue weighted by Crippen LogP contribution is -2.55. The van der Waals surface area contributed by atoms with E-state index in [1.54, 1.807) is 19.1 Å². The minimum absolute atomic E-state index is 0.0348. The zero-order valence-corrected chi connectivity index (χ0v) is 16.9. The van der Waals surface area contributed by atoms with Crippen molar-refractivity contribution in [3.05, 3.63) is 39.9 Å². The van der Waals surface area contributed by atoms with E-state index in [2.05, 4.69) is 16.0 Å². The number of hydrogen-bond donors (Lipinski definition) is 4. The smallest absolute Gasteiger partial charge is 0.269 e. The van der Waals surface area contributed by atoms with Crippen molar-refractivity contribution in [2.45, 2.75) is 52.2 Å². The molecule has 9 nitrogen and oxygen atoms in total. The molecule has 0 bridgehead atoms. The van der Waals surface area contributed by atoms with Crippen LogP contribution in [-0.2, 0) is 16.0 Å². The van der Waals surface area contributed by atoms with Gasteiger partial charge in [-0.05, 0) is 31.7 Å². The number of nitrogens with two attached hydrogens (primary N) is 1. The van der Waals surface area contributed by atoms with Crippen molar-refractivity contribution in [1.29, 1.82) is 0 Å². The predicted molar refractivity (Wildman–Crippen MR) is 108 cm³/mol. The van der Waals surface area contributed by atoms with E-state index in [9.17, 15) is 19.7 Å². The molecule has 0 aromatic heterocycles. The maximum Gasteiger partial charge on any atom is 0.269 e. The minimum atomic E-state index is -0.592. The van der Waals surface area contributed by atoms with Crippen LogP contribution < -0.4 is 21.7 Å². The van der Waals surface area contributed by atoms with Gasteiger partial charge < -0.3 is 21.7 Å². The Morgan fingerprint density at radius 3 is 2.25 bits per heavy atom. The number of nitro benzene ring substituents is 1. The third-order valence-corrected chi connectivity index (χ3v) is 4.32. The molecule has 3 atom stereocenters. The first kappa shape index (κ1) is 23.5. The molecule has 1 aromatic rings. The van der Waals surface area contributed by atoms with Gasteiger partial charge >= 0.3 is 0 Å². The standard InChI is InChI=1S/C19H31N5O4/c1-5-21-19(26)17(12(2)3)23-18(25)13(4)22-11-15(20)10-14-6-8-16(9-7-14)24(27)28/h6-9,12-13,15,17,22H,5,10-11,20H2,1-4H3,(H,21,26)(H,23,25)/t13-,15-,17-/m0/s1. The zero-order chi connectivity index (χ0) is 21.3. The van der Waals surface area contributed by atoms with Crippen LogP contribution in [0.5, 0.6) is 0 Å². The van der Waals surface area contributed by atoms with Crippen LogP contribution in [0.4, 0.5) is 5.69 Å². The van der Waals surface area contributed by atoms with Crippen LogP contribution in [0.1, 0.15) is 33.3 Å². The van der Waals surface area contributed by atoms with Crippen molar-refractivity contribution < 1.29 is 14.5 Å². The molecule has 0 aliphatic carbocycles. The first-order valence-corrected chi connectivity index (χ1v) is 9.46. The molecule has 9 heteroatoms. The van der Waals surface area contributed by atoms with Gasteiger partial charge in [-0.3, -0.25) is 19.7 Å². The Kier molecular flexibility index (Phi) is 9.54. The van der Waals surface area contributed by atoms with E-state index in [1.165, 1.54) is 12.1 Å². The summed E-state index contributed by atoms with van der Waals surface area (Å²) in [5.41, 5.74) is 7.01. The second-order valence-electron chi connectivity index (χ2n) is 7.14. The number of carbonyl (C=O) groups excluding carboxylic acids is 2. The van der Waals surface area contributed by atoms with Crippen LogP contribution in [-0.4, -0.2) is 48.0 Å². The average molecular weight is 393 g/mol. The van der Waals surface area contributed by atoms with Gasteiger partial charge in [-0.1, -0.05) is 26.0 Å². The molecule has 5 N–H and O–H groups in total.